The molecule has 0 radical (unpaired) electrons. The van der Waals surface area contributed by atoms with Crippen molar-refractivity contribution in [3.8, 4) is 0 Å². The first-order chi connectivity index (χ1) is 12.2. The second kappa shape index (κ2) is 7.10. The molecular weight excluding hydrogens is 373 g/mol. The van der Waals surface area contributed by atoms with Gasteiger partial charge in [0, 0.05) is 5.02 Å². The minimum Gasteiger partial charge on any atom is -0.371 e. The maximum atomic E-state index is 6.39. The normalized spacial score (nSPS) is 20.0. The zero-order valence-electron chi connectivity index (χ0n) is 13.7. The van der Waals surface area contributed by atoms with Crippen LogP contribution in [0, 0.1) is 0 Å². The number of nitrogens with zero attached hydrogens (tertiary/aromatic N) is 1. The molecule has 2 aliphatic heterocycles. The second-order valence-electron chi connectivity index (χ2n) is 6.40. The predicted molar refractivity (Wildman–Crippen MR) is 111 cm³/mol. The molecule has 2 aliphatic rings. The van der Waals surface area contributed by atoms with Gasteiger partial charge in [-0.15, -0.1) is 0 Å². The Morgan fingerprint density at radius 3 is 2.68 bits per heavy atom. The fraction of sp³-hybridized carbons (Fsp3) is 0.316. The van der Waals surface area contributed by atoms with E-state index in [1.165, 1.54) is 0 Å². The number of fused-ring (bicyclic) bond motifs is 1. The quantitative estimate of drug-likeness (QED) is 0.689. The molecule has 25 heavy (non-hydrogen) atoms. The van der Waals surface area contributed by atoms with Gasteiger partial charge in [0.05, 0.1) is 28.5 Å². The van der Waals surface area contributed by atoms with Crippen molar-refractivity contribution in [1.82, 2.24) is 0 Å². The summed E-state index contributed by atoms with van der Waals surface area (Å²) in [7, 11) is 0. The Hall–Kier alpha value is -1.36. The number of nitrogens with one attached hydrogen (secondary N) is 2. The topological polar surface area (TPSA) is 36.4 Å². The van der Waals surface area contributed by atoms with Crippen LogP contribution >= 0.6 is 35.0 Å². The monoisotopic (exact) mass is 391 g/mol. The van der Waals surface area contributed by atoms with E-state index >= 15 is 0 Å². The Labute approximate surface area is 162 Å². The van der Waals surface area contributed by atoms with Crippen LogP contribution in [0.2, 0.25) is 10.0 Å². The molecule has 0 atom stereocenters. The Kier molecular flexibility index (Phi) is 4.85. The van der Waals surface area contributed by atoms with E-state index in [2.05, 4.69) is 22.8 Å². The molecule has 4 rings (SSSR count). The van der Waals surface area contributed by atoms with Crippen LogP contribution in [-0.2, 0) is 6.54 Å². The van der Waals surface area contributed by atoms with Gasteiger partial charge in [0.1, 0.15) is 5.84 Å². The molecule has 130 valence electrons. The lowest BCUT2D eigenvalue weighted by Crippen LogP contribution is -2.54. The minimum atomic E-state index is -0.137. The van der Waals surface area contributed by atoms with Crippen molar-refractivity contribution in [3.63, 3.8) is 0 Å². The van der Waals surface area contributed by atoms with Gasteiger partial charge < -0.3 is 10.6 Å². The van der Waals surface area contributed by atoms with Crippen LogP contribution in [0.5, 0.6) is 0 Å². The van der Waals surface area contributed by atoms with Gasteiger partial charge in [0.15, 0.2) is 0 Å². The van der Waals surface area contributed by atoms with Gasteiger partial charge >= 0.3 is 0 Å². The number of halogens is 2. The molecule has 1 saturated heterocycles. The fourth-order valence-corrected chi connectivity index (χ4v) is 5.01. The fourth-order valence-electron chi connectivity index (χ4n) is 3.39. The van der Waals surface area contributed by atoms with Crippen LogP contribution in [0.3, 0.4) is 0 Å². The summed E-state index contributed by atoms with van der Waals surface area (Å²) in [6.45, 7) is 0.596. The number of anilines is 2. The maximum Gasteiger partial charge on any atom is 0.127 e. The van der Waals surface area contributed by atoms with Crippen molar-refractivity contribution in [2.75, 3.05) is 22.1 Å². The third kappa shape index (κ3) is 3.48. The van der Waals surface area contributed by atoms with Crippen LogP contribution in [0.15, 0.2) is 47.5 Å². The molecular formula is C19H19Cl2N3S. The van der Waals surface area contributed by atoms with Gasteiger partial charge in [0.25, 0.3) is 0 Å². The molecule has 1 fully saturated rings. The van der Waals surface area contributed by atoms with Crippen LogP contribution in [0.25, 0.3) is 0 Å². The Morgan fingerprint density at radius 1 is 1.08 bits per heavy atom. The summed E-state index contributed by atoms with van der Waals surface area (Å²) < 4.78 is 0. The molecule has 3 nitrogen and oxygen atoms in total. The molecule has 0 aliphatic carbocycles. The lowest BCUT2D eigenvalue weighted by molar-refractivity contribution is 0.560. The summed E-state index contributed by atoms with van der Waals surface area (Å²) in [6.07, 6.45) is 2.09. The molecule has 2 heterocycles. The average Bonchev–Trinajstić information content (AvgIpc) is 2.61. The smallest absolute Gasteiger partial charge is 0.127 e. The zero-order valence-corrected chi connectivity index (χ0v) is 16.0. The molecule has 2 aromatic carbocycles. The summed E-state index contributed by atoms with van der Waals surface area (Å²) in [5.41, 5.74) is 2.94. The van der Waals surface area contributed by atoms with Crippen molar-refractivity contribution in [3.05, 3.63) is 58.1 Å². The van der Waals surface area contributed by atoms with Gasteiger partial charge in [-0.25, -0.2) is 0 Å². The molecule has 2 N–H and O–H groups in total. The van der Waals surface area contributed by atoms with Crippen LogP contribution in [-0.4, -0.2) is 22.9 Å². The average molecular weight is 392 g/mol. The van der Waals surface area contributed by atoms with Gasteiger partial charge in [-0.05, 0) is 54.2 Å². The molecule has 2 aromatic rings. The van der Waals surface area contributed by atoms with Crippen molar-refractivity contribution in [2.45, 2.75) is 24.9 Å². The summed E-state index contributed by atoms with van der Waals surface area (Å²) in [4.78, 5) is 4.93. The van der Waals surface area contributed by atoms with E-state index in [0.29, 0.717) is 11.6 Å². The molecule has 6 heteroatoms. The van der Waals surface area contributed by atoms with E-state index in [1.807, 2.05) is 42.1 Å². The van der Waals surface area contributed by atoms with Gasteiger partial charge in [0.2, 0.25) is 0 Å². The summed E-state index contributed by atoms with van der Waals surface area (Å²) in [5, 5.41) is 8.71. The summed E-state index contributed by atoms with van der Waals surface area (Å²) >= 11 is 14.5. The van der Waals surface area contributed by atoms with E-state index in [1.54, 1.807) is 0 Å². The lowest BCUT2D eigenvalue weighted by atomic mass is 9.87. The van der Waals surface area contributed by atoms with E-state index in [0.717, 1.165) is 52.1 Å². The first-order valence-corrected chi connectivity index (χ1v) is 10.3. The van der Waals surface area contributed by atoms with Crippen molar-refractivity contribution < 1.29 is 0 Å². The van der Waals surface area contributed by atoms with Gasteiger partial charge in [-0.1, -0.05) is 41.4 Å². The number of aliphatic imine (C=N–C) groups is 1. The summed E-state index contributed by atoms with van der Waals surface area (Å²) in [6, 6.07) is 13.8. The number of benzene rings is 2. The molecule has 0 bridgehead atoms. The number of rotatable bonds is 2. The van der Waals surface area contributed by atoms with E-state index < -0.39 is 0 Å². The second-order valence-corrected chi connectivity index (χ2v) is 8.47. The Morgan fingerprint density at radius 2 is 1.88 bits per heavy atom. The van der Waals surface area contributed by atoms with Crippen LogP contribution in [0.4, 0.5) is 11.4 Å². The standard InChI is InChI=1S/C19H19Cl2N3S/c20-14-4-1-3-13(11-14)12-22-18-19(7-9-25-10-8-19)24-16-6-2-5-15(21)17(16)23-18/h1-6,11,24H,7-10,12H2,(H,22,23). The highest BCUT2D eigenvalue weighted by Crippen LogP contribution is 2.41. The van der Waals surface area contributed by atoms with E-state index in [9.17, 15) is 0 Å². The third-order valence-electron chi connectivity index (χ3n) is 4.74. The lowest BCUT2D eigenvalue weighted by Gasteiger charge is -2.44. The van der Waals surface area contributed by atoms with E-state index in [4.69, 9.17) is 28.2 Å². The number of hydrogen-bond acceptors (Lipinski definition) is 3. The third-order valence-corrected chi connectivity index (χ3v) is 6.28. The SMILES string of the molecule is Clc1cccc(CN=C2Nc3c(Cl)cccc3NC23CCSCC3)c1. The van der Waals surface area contributed by atoms with Crippen molar-refractivity contribution in [2.24, 2.45) is 4.99 Å². The van der Waals surface area contributed by atoms with Crippen molar-refractivity contribution in [1.29, 1.82) is 0 Å². The molecule has 1 spiro atoms. The Bertz CT molecular complexity index is 816. The van der Waals surface area contributed by atoms with Crippen LogP contribution in [0.1, 0.15) is 18.4 Å². The molecule has 0 unspecified atom stereocenters. The molecule has 0 saturated carbocycles. The largest absolute Gasteiger partial charge is 0.371 e. The number of amidine groups is 1. The van der Waals surface area contributed by atoms with Crippen LogP contribution < -0.4 is 10.6 Å². The van der Waals surface area contributed by atoms with Gasteiger partial charge in [-0.2, -0.15) is 11.8 Å². The molecule has 0 aromatic heterocycles. The minimum absolute atomic E-state index is 0.137. The highest BCUT2D eigenvalue weighted by Gasteiger charge is 2.41. The zero-order chi connectivity index (χ0) is 17.3. The molecule has 0 amide bonds. The highest BCUT2D eigenvalue weighted by molar-refractivity contribution is 7.99. The summed E-state index contributed by atoms with van der Waals surface area (Å²) in [5.74, 6) is 3.23. The first kappa shape index (κ1) is 17.1. The maximum absolute atomic E-state index is 6.39. The van der Waals surface area contributed by atoms with E-state index in [-0.39, 0.29) is 5.54 Å². The highest BCUT2D eigenvalue weighted by atomic mass is 35.5. The number of para-hydroxylation sites is 1. The van der Waals surface area contributed by atoms with Gasteiger partial charge in [-0.3, -0.25) is 4.99 Å². The Balaban J connectivity index is 1.69. The number of hydrogen-bond donors (Lipinski definition) is 2. The number of thioether (sulfide) groups is 1. The first-order valence-electron chi connectivity index (χ1n) is 8.37. The predicted octanol–water partition coefficient (Wildman–Crippen LogP) is 5.70. The van der Waals surface area contributed by atoms with Crippen molar-refractivity contribution >= 4 is 52.2 Å².